The zero-order valence-electron chi connectivity index (χ0n) is 10.8. The number of rotatable bonds is 4. The van der Waals surface area contributed by atoms with E-state index in [0.717, 1.165) is 9.13 Å². The Hall–Kier alpha value is -1.12. The van der Waals surface area contributed by atoms with E-state index in [1.54, 1.807) is 24.3 Å². The second kappa shape index (κ2) is 6.11. The maximum Gasteiger partial charge on any atom is 0.261 e. The summed E-state index contributed by atoms with van der Waals surface area (Å²) in [4.78, 5) is 0.144. The van der Waals surface area contributed by atoms with E-state index in [2.05, 4.69) is 27.3 Å². The number of hydrogen-bond donors (Lipinski definition) is 2. The van der Waals surface area contributed by atoms with Gasteiger partial charge in [-0.1, -0.05) is 12.1 Å². The van der Waals surface area contributed by atoms with E-state index in [1.165, 1.54) is 12.1 Å². The van der Waals surface area contributed by atoms with Crippen molar-refractivity contribution in [3.8, 4) is 0 Å². The van der Waals surface area contributed by atoms with Crippen LogP contribution in [0.5, 0.6) is 0 Å². The zero-order chi connectivity index (χ0) is 14.8. The molecule has 0 atom stereocenters. The molecule has 20 heavy (non-hydrogen) atoms. The molecule has 0 unspecified atom stereocenters. The lowest BCUT2D eigenvalue weighted by atomic mass is 10.1. The number of aliphatic hydroxyl groups excluding tert-OH is 1. The lowest BCUT2D eigenvalue weighted by Crippen LogP contribution is -2.13. The average molecular weight is 403 g/mol. The molecule has 0 fully saturated rings. The van der Waals surface area contributed by atoms with Gasteiger partial charge in [0, 0.05) is 9.26 Å². The van der Waals surface area contributed by atoms with Crippen LogP contribution in [0.2, 0.25) is 0 Å². The lowest BCUT2D eigenvalue weighted by molar-refractivity contribution is 0.281. The molecule has 6 heteroatoms. The van der Waals surface area contributed by atoms with Gasteiger partial charge in [0.05, 0.1) is 11.5 Å². The number of aliphatic hydroxyl groups is 1. The Labute approximate surface area is 132 Å². The van der Waals surface area contributed by atoms with Crippen LogP contribution in [-0.2, 0) is 16.6 Å². The van der Waals surface area contributed by atoms with Crippen molar-refractivity contribution < 1.29 is 13.5 Å². The Morgan fingerprint density at radius 2 is 1.95 bits per heavy atom. The predicted octanol–water partition coefficient (Wildman–Crippen LogP) is 2.89. The fraction of sp³-hybridized carbons (Fsp3) is 0.143. The molecule has 0 heterocycles. The number of benzene rings is 2. The smallest absolute Gasteiger partial charge is 0.261 e. The highest BCUT2D eigenvalue weighted by molar-refractivity contribution is 14.1. The highest BCUT2D eigenvalue weighted by Crippen LogP contribution is 2.20. The Morgan fingerprint density at radius 1 is 1.20 bits per heavy atom. The standard InChI is InChI=1S/C14H14INO3S/c1-10-5-6-14(7-11(10)9-17)20(18,19)16-13-4-2-3-12(15)8-13/h2-8,16-17H,9H2,1H3. The summed E-state index contributed by atoms with van der Waals surface area (Å²) in [6, 6.07) is 11.8. The van der Waals surface area contributed by atoms with Crippen LogP contribution >= 0.6 is 22.6 Å². The monoisotopic (exact) mass is 403 g/mol. The van der Waals surface area contributed by atoms with E-state index in [4.69, 9.17) is 0 Å². The maximum absolute atomic E-state index is 12.3. The van der Waals surface area contributed by atoms with E-state index in [1.807, 2.05) is 13.0 Å². The first-order valence-corrected chi connectivity index (χ1v) is 8.47. The molecule has 106 valence electrons. The molecule has 0 aliphatic heterocycles. The van der Waals surface area contributed by atoms with E-state index in [-0.39, 0.29) is 11.5 Å². The Morgan fingerprint density at radius 3 is 2.60 bits per heavy atom. The third kappa shape index (κ3) is 3.50. The topological polar surface area (TPSA) is 66.4 Å². The summed E-state index contributed by atoms with van der Waals surface area (Å²) in [5.74, 6) is 0. The maximum atomic E-state index is 12.3. The van der Waals surface area contributed by atoms with Crippen molar-refractivity contribution >= 4 is 38.3 Å². The number of sulfonamides is 1. The second-order valence-electron chi connectivity index (χ2n) is 4.36. The molecule has 2 N–H and O–H groups in total. The average Bonchev–Trinajstić information content (AvgIpc) is 2.38. The molecule has 0 amide bonds. The summed E-state index contributed by atoms with van der Waals surface area (Å²) < 4.78 is 28.1. The highest BCUT2D eigenvalue weighted by Gasteiger charge is 2.15. The number of hydrogen-bond acceptors (Lipinski definition) is 3. The van der Waals surface area contributed by atoms with Crippen LogP contribution in [0, 0.1) is 10.5 Å². The molecule has 2 aromatic carbocycles. The van der Waals surface area contributed by atoms with Crippen molar-refractivity contribution in [1.29, 1.82) is 0 Å². The predicted molar refractivity (Wildman–Crippen MR) is 87.1 cm³/mol. The van der Waals surface area contributed by atoms with Crippen LogP contribution in [-0.4, -0.2) is 13.5 Å². The summed E-state index contributed by atoms with van der Waals surface area (Å²) in [6.45, 7) is 1.65. The number of anilines is 1. The van der Waals surface area contributed by atoms with Crippen molar-refractivity contribution in [2.45, 2.75) is 18.4 Å². The van der Waals surface area contributed by atoms with E-state index < -0.39 is 10.0 Å². The molecule has 0 radical (unpaired) electrons. The quantitative estimate of drug-likeness (QED) is 0.772. The van der Waals surface area contributed by atoms with Crippen LogP contribution in [0.25, 0.3) is 0 Å². The molecular formula is C14H14INO3S. The minimum atomic E-state index is -3.64. The van der Waals surface area contributed by atoms with E-state index in [0.29, 0.717) is 11.3 Å². The Balaban J connectivity index is 2.35. The molecule has 2 aromatic rings. The van der Waals surface area contributed by atoms with Crippen molar-refractivity contribution in [2.24, 2.45) is 0 Å². The van der Waals surface area contributed by atoms with Crippen LogP contribution < -0.4 is 4.72 Å². The summed E-state index contributed by atoms with van der Waals surface area (Å²) in [5, 5.41) is 9.22. The molecule has 0 aromatic heterocycles. The van der Waals surface area contributed by atoms with Gasteiger partial charge in [-0.05, 0) is 71.0 Å². The van der Waals surface area contributed by atoms with Crippen LogP contribution in [0.15, 0.2) is 47.4 Å². The summed E-state index contributed by atoms with van der Waals surface area (Å²) in [5.41, 5.74) is 1.99. The lowest BCUT2D eigenvalue weighted by Gasteiger charge is -2.10. The van der Waals surface area contributed by atoms with Gasteiger partial charge < -0.3 is 5.11 Å². The minimum absolute atomic E-state index is 0.144. The van der Waals surface area contributed by atoms with E-state index in [9.17, 15) is 13.5 Å². The fourth-order valence-corrected chi connectivity index (χ4v) is 3.39. The molecule has 0 aliphatic carbocycles. The molecule has 0 bridgehead atoms. The normalized spacial score (nSPS) is 11.3. The van der Waals surface area contributed by atoms with Crippen molar-refractivity contribution in [3.63, 3.8) is 0 Å². The fourth-order valence-electron chi connectivity index (χ4n) is 1.75. The Bertz CT molecular complexity index is 729. The van der Waals surface area contributed by atoms with Crippen LogP contribution in [0.1, 0.15) is 11.1 Å². The molecule has 0 spiro atoms. The largest absolute Gasteiger partial charge is 0.392 e. The first kappa shape index (κ1) is 15.3. The zero-order valence-corrected chi connectivity index (χ0v) is 13.8. The molecule has 0 saturated carbocycles. The summed E-state index contributed by atoms with van der Waals surface area (Å²) >= 11 is 2.12. The summed E-state index contributed by atoms with van der Waals surface area (Å²) in [7, 11) is -3.64. The molecule has 4 nitrogen and oxygen atoms in total. The van der Waals surface area contributed by atoms with Gasteiger partial charge in [-0.2, -0.15) is 0 Å². The molecule has 0 aliphatic rings. The van der Waals surface area contributed by atoms with Gasteiger partial charge in [0.2, 0.25) is 0 Å². The SMILES string of the molecule is Cc1ccc(S(=O)(=O)Nc2cccc(I)c2)cc1CO. The van der Waals surface area contributed by atoms with Gasteiger partial charge in [-0.25, -0.2) is 8.42 Å². The summed E-state index contributed by atoms with van der Waals surface area (Å²) in [6.07, 6.45) is 0. The highest BCUT2D eigenvalue weighted by atomic mass is 127. The van der Waals surface area contributed by atoms with Gasteiger partial charge in [0.1, 0.15) is 0 Å². The third-order valence-corrected chi connectivity index (χ3v) is 4.93. The van der Waals surface area contributed by atoms with Gasteiger partial charge in [-0.3, -0.25) is 4.72 Å². The van der Waals surface area contributed by atoms with Crippen molar-refractivity contribution in [3.05, 3.63) is 57.2 Å². The van der Waals surface area contributed by atoms with Crippen molar-refractivity contribution in [1.82, 2.24) is 0 Å². The molecule has 2 rings (SSSR count). The third-order valence-electron chi connectivity index (χ3n) is 2.88. The first-order chi connectivity index (χ1) is 9.42. The van der Waals surface area contributed by atoms with Crippen LogP contribution in [0.4, 0.5) is 5.69 Å². The number of halogens is 1. The molecular weight excluding hydrogens is 389 g/mol. The first-order valence-electron chi connectivity index (χ1n) is 5.91. The van der Waals surface area contributed by atoms with E-state index >= 15 is 0 Å². The van der Waals surface area contributed by atoms with Crippen molar-refractivity contribution in [2.75, 3.05) is 4.72 Å². The van der Waals surface area contributed by atoms with Crippen LogP contribution in [0.3, 0.4) is 0 Å². The van der Waals surface area contributed by atoms with Gasteiger partial charge >= 0.3 is 0 Å². The molecule has 0 saturated heterocycles. The Kier molecular flexibility index (Phi) is 4.66. The second-order valence-corrected chi connectivity index (χ2v) is 7.29. The van der Waals surface area contributed by atoms with Gasteiger partial charge in [0.15, 0.2) is 0 Å². The number of nitrogens with one attached hydrogen (secondary N) is 1. The minimum Gasteiger partial charge on any atom is -0.392 e. The van der Waals surface area contributed by atoms with Gasteiger partial charge in [0.25, 0.3) is 10.0 Å². The number of aryl methyl sites for hydroxylation is 1. The van der Waals surface area contributed by atoms with Gasteiger partial charge in [-0.15, -0.1) is 0 Å².